The molecule has 0 unspecified atom stereocenters. The average Bonchev–Trinajstić information content (AvgIpc) is 3.05. The third-order valence-corrected chi connectivity index (χ3v) is 7.99. The third kappa shape index (κ3) is 6.28. The fourth-order valence-electron chi connectivity index (χ4n) is 4.08. The van der Waals surface area contributed by atoms with Crippen LogP contribution in [-0.2, 0) is 26.0 Å². The van der Waals surface area contributed by atoms with E-state index in [2.05, 4.69) is 5.32 Å². The van der Waals surface area contributed by atoms with Crippen molar-refractivity contribution in [1.82, 2.24) is 14.5 Å². The van der Waals surface area contributed by atoms with E-state index in [9.17, 15) is 22.8 Å². The standard InChI is InChI=1S/C26H33N3O5S/c1-3-4-17-27-25(31)20(2)28(19-16-21-11-6-5-7-12-21)24(30)15-10-18-29-26(32)22-13-8-9-14-23(22)35(29,33)34/h5-9,11-14,20H,3-4,10,15-19H2,1-2H3,(H,27,31)/t20-/m0/s1. The fraction of sp³-hybridized carbons (Fsp3) is 0.423. The number of amides is 3. The number of sulfonamides is 1. The van der Waals surface area contributed by atoms with Gasteiger partial charge in [0.15, 0.2) is 0 Å². The molecule has 0 saturated carbocycles. The Hall–Kier alpha value is -3.20. The van der Waals surface area contributed by atoms with Crippen LogP contribution in [0.2, 0.25) is 0 Å². The molecule has 188 valence electrons. The van der Waals surface area contributed by atoms with Crippen LogP contribution in [0.1, 0.15) is 55.5 Å². The summed E-state index contributed by atoms with van der Waals surface area (Å²) in [4.78, 5) is 40.0. The van der Waals surface area contributed by atoms with Crippen molar-refractivity contribution in [3.05, 3.63) is 65.7 Å². The largest absolute Gasteiger partial charge is 0.354 e. The molecule has 0 radical (unpaired) electrons. The number of hydrogen-bond acceptors (Lipinski definition) is 5. The molecule has 2 aromatic carbocycles. The molecule has 3 amide bonds. The van der Waals surface area contributed by atoms with Crippen molar-refractivity contribution in [1.29, 1.82) is 0 Å². The van der Waals surface area contributed by atoms with Gasteiger partial charge < -0.3 is 10.2 Å². The van der Waals surface area contributed by atoms with Crippen molar-refractivity contribution in [2.45, 2.75) is 56.9 Å². The summed E-state index contributed by atoms with van der Waals surface area (Å²) in [5.41, 5.74) is 1.20. The van der Waals surface area contributed by atoms with E-state index in [1.54, 1.807) is 24.0 Å². The van der Waals surface area contributed by atoms with E-state index in [-0.39, 0.29) is 41.7 Å². The van der Waals surface area contributed by atoms with Gasteiger partial charge in [-0.2, -0.15) is 0 Å². The quantitative estimate of drug-likeness (QED) is 0.452. The average molecular weight is 500 g/mol. The molecular formula is C26H33N3O5S. The molecule has 0 spiro atoms. The molecule has 1 heterocycles. The molecule has 3 rings (SSSR count). The van der Waals surface area contributed by atoms with Crippen LogP contribution in [0.15, 0.2) is 59.5 Å². The summed E-state index contributed by atoms with van der Waals surface area (Å²) in [7, 11) is -3.91. The fourth-order valence-corrected chi connectivity index (χ4v) is 5.68. The minimum absolute atomic E-state index is 0.00168. The summed E-state index contributed by atoms with van der Waals surface area (Å²) in [6, 6.07) is 15.1. The summed E-state index contributed by atoms with van der Waals surface area (Å²) < 4.78 is 26.3. The molecule has 0 aromatic heterocycles. The van der Waals surface area contributed by atoms with Crippen LogP contribution in [0, 0.1) is 0 Å². The second-order valence-corrected chi connectivity index (χ2v) is 10.5. The van der Waals surface area contributed by atoms with Gasteiger partial charge in [0.25, 0.3) is 15.9 Å². The lowest BCUT2D eigenvalue weighted by atomic mass is 10.1. The number of benzene rings is 2. The Labute approximate surface area is 207 Å². The Bertz CT molecular complexity index is 1150. The van der Waals surface area contributed by atoms with Crippen molar-refractivity contribution < 1.29 is 22.8 Å². The molecule has 0 fully saturated rings. The third-order valence-electron chi connectivity index (χ3n) is 6.14. The van der Waals surface area contributed by atoms with Crippen LogP contribution in [0.5, 0.6) is 0 Å². The SMILES string of the molecule is CCCCNC(=O)[C@H](C)N(CCc1ccccc1)C(=O)CCCN1C(=O)c2ccccc2S1(=O)=O. The topological polar surface area (TPSA) is 104 Å². The second kappa shape index (κ2) is 12.0. The number of carbonyl (C=O) groups is 3. The zero-order valence-corrected chi connectivity index (χ0v) is 21.1. The van der Waals surface area contributed by atoms with Gasteiger partial charge in [0.2, 0.25) is 11.8 Å². The maximum Gasteiger partial charge on any atom is 0.269 e. The van der Waals surface area contributed by atoms with E-state index in [0.717, 1.165) is 22.7 Å². The van der Waals surface area contributed by atoms with Crippen LogP contribution in [0.4, 0.5) is 0 Å². The van der Waals surface area contributed by atoms with Gasteiger partial charge in [-0.05, 0) is 43.9 Å². The lowest BCUT2D eigenvalue weighted by molar-refractivity contribution is -0.140. The van der Waals surface area contributed by atoms with Gasteiger partial charge in [0, 0.05) is 26.1 Å². The van der Waals surface area contributed by atoms with E-state index in [1.165, 1.54) is 12.1 Å². The molecule has 0 saturated heterocycles. The molecule has 9 heteroatoms. The number of fused-ring (bicyclic) bond motifs is 1. The van der Waals surface area contributed by atoms with Crippen molar-refractivity contribution in [2.24, 2.45) is 0 Å². The maximum atomic E-state index is 13.2. The smallest absolute Gasteiger partial charge is 0.269 e. The minimum atomic E-state index is -3.91. The Morgan fingerprint density at radius 2 is 1.71 bits per heavy atom. The van der Waals surface area contributed by atoms with Gasteiger partial charge >= 0.3 is 0 Å². The van der Waals surface area contributed by atoms with Crippen LogP contribution >= 0.6 is 0 Å². The Balaban J connectivity index is 1.64. The van der Waals surface area contributed by atoms with Gasteiger partial charge in [0.05, 0.1) is 5.56 Å². The van der Waals surface area contributed by atoms with Crippen LogP contribution in [0.25, 0.3) is 0 Å². The highest BCUT2D eigenvalue weighted by Crippen LogP contribution is 2.30. The summed E-state index contributed by atoms with van der Waals surface area (Å²) in [5.74, 6) is -1.04. The number of carbonyl (C=O) groups excluding carboxylic acids is 3. The highest BCUT2D eigenvalue weighted by atomic mass is 32.2. The van der Waals surface area contributed by atoms with Crippen LogP contribution < -0.4 is 5.32 Å². The molecule has 1 aliphatic rings. The maximum absolute atomic E-state index is 13.2. The molecule has 35 heavy (non-hydrogen) atoms. The minimum Gasteiger partial charge on any atom is -0.354 e. The van der Waals surface area contributed by atoms with Gasteiger partial charge in [-0.3, -0.25) is 14.4 Å². The van der Waals surface area contributed by atoms with Gasteiger partial charge in [-0.15, -0.1) is 0 Å². The molecule has 1 aliphatic heterocycles. The van der Waals surface area contributed by atoms with E-state index >= 15 is 0 Å². The highest BCUT2D eigenvalue weighted by Gasteiger charge is 2.40. The zero-order chi connectivity index (χ0) is 25.4. The number of nitrogens with zero attached hydrogens (tertiary/aromatic N) is 2. The molecule has 0 aliphatic carbocycles. The lowest BCUT2D eigenvalue weighted by Gasteiger charge is -2.29. The lowest BCUT2D eigenvalue weighted by Crippen LogP contribution is -2.49. The molecule has 8 nitrogen and oxygen atoms in total. The van der Waals surface area contributed by atoms with E-state index in [0.29, 0.717) is 19.5 Å². The molecule has 1 N–H and O–H groups in total. The van der Waals surface area contributed by atoms with Crippen LogP contribution in [-0.4, -0.2) is 61.0 Å². The Kier molecular flexibility index (Phi) is 9.03. The van der Waals surface area contributed by atoms with E-state index in [4.69, 9.17) is 0 Å². The summed E-state index contributed by atoms with van der Waals surface area (Å²) in [5, 5.41) is 2.88. The first kappa shape index (κ1) is 26.4. The Morgan fingerprint density at radius 3 is 2.40 bits per heavy atom. The normalized spacial score (nSPS) is 14.9. The molecule has 1 atom stereocenters. The molecule has 2 aromatic rings. The van der Waals surface area contributed by atoms with Crippen molar-refractivity contribution in [2.75, 3.05) is 19.6 Å². The molecule has 0 bridgehead atoms. The summed E-state index contributed by atoms with van der Waals surface area (Å²) >= 11 is 0. The number of rotatable bonds is 12. The molecular weight excluding hydrogens is 466 g/mol. The zero-order valence-electron chi connectivity index (χ0n) is 20.3. The van der Waals surface area contributed by atoms with Gasteiger partial charge in [0.1, 0.15) is 10.9 Å². The van der Waals surface area contributed by atoms with Crippen molar-refractivity contribution in [3.63, 3.8) is 0 Å². The van der Waals surface area contributed by atoms with E-state index in [1.807, 2.05) is 37.3 Å². The summed E-state index contributed by atoms with van der Waals surface area (Å²) in [6.07, 6.45) is 2.60. The summed E-state index contributed by atoms with van der Waals surface area (Å²) in [6.45, 7) is 4.56. The second-order valence-electron chi connectivity index (χ2n) is 8.63. The van der Waals surface area contributed by atoms with Crippen molar-refractivity contribution >= 4 is 27.7 Å². The number of nitrogens with one attached hydrogen (secondary N) is 1. The first-order valence-corrected chi connectivity index (χ1v) is 13.5. The monoisotopic (exact) mass is 499 g/mol. The van der Waals surface area contributed by atoms with Crippen molar-refractivity contribution in [3.8, 4) is 0 Å². The van der Waals surface area contributed by atoms with Gasteiger partial charge in [-0.25, -0.2) is 12.7 Å². The number of unbranched alkanes of at least 4 members (excludes halogenated alkanes) is 1. The van der Waals surface area contributed by atoms with Crippen LogP contribution in [0.3, 0.4) is 0 Å². The first-order chi connectivity index (χ1) is 16.8. The first-order valence-electron chi connectivity index (χ1n) is 12.0. The van der Waals surface area contributed by atoms with Gasteiger partial charge in [-0.1, -0.05) is 55.8 Å². The van der Waals surface area contributed by atoms with E-state index < -0.39 is 22.0 Å². The predicted octanol–water partition coefficient (Wildman–Crippen LogP) is 2.99. The number of hydrogen-bond donors (Lipinski definition) is 1. The Morgan fingerprint density at radius 1 is 1.03 bits per heavy atom. The predicted molar refractivity (Wildman–Crippen MR) is 133 cm³/mol. The highest BCUT2D eigenvalue weighted by molar-refractivity contribution is 7.90.